The molecule has 88 valence electrons. The zero-order valence-corrected chi connectivity index (χ0v) is 9.65. The standard InChI is InChI=1S/C13H19NO2/c1-9-4-2-5-10(8-14)13(9)16-12-7-3-6-11(12)15/h2,4-5,11-12,15H,3,6-8,14H2,1H3. The SMILES string of the molecule is Cc1cccc(CN)c1OC1CCCC1O. The lowest BCUT2D eigenvalue weighted by molar-refractivity contribution is 0.0593. The molecule has 0 bridgehead atoms. The zero-order chi connectivity index (χ0) is 11.5. The van der Waals surface area contributed by atoms with Crippen molar-refractivity contribution in [2.45, 2.75) is 44.9 Å². The summed E-state index contributed by atoms with van der Waals surface area (Å²) in [5, 5.41) is 9.75. The van der Waals surface area contributed by atoms with Gasteiger partial charge in [-0.15, -0.1) is 0 Å². The van der Waals surface area contributed by atoms with Crippen LogP contribution in [0.4, 0.5) is 0 Å². The average molecular weight is 221 g/mol. The number of ether oxygens (including phenoxy) is 1. The van der Waals surface area contributed by atoms with Crippen molar-refractivity contribution in [2.75, 3.05) is 0 Å². The lowest BCUT2D eigenvalue weighted by Crippen LogP contribution is -2.26. The molecule has 3 nitrogen and oxygen atoms in total. The molecule has 2 unspecified atom stereocenters. The van der Waals surface area contributed by atoms with E-state index in [4.69, 9.17) is 10.5 Å². The maximum absolute atomic E-state index is 9.75. The second-order valence-corrected chi connectivity index (χ2v) is 4.42. The Bertz CT molecular complexity index is 365. The third kappa shape index (κ3) is 2.20. The van der Waals surface area contributed by atoms with E-state index in [1.807, 2.05) is 25.1 Å². The quantitative estimate of drug-likeness (QED) is 0.817. The van der Waals surface area contributed by atoms with Gasteiger partial charge in [-0.2, -0.15) is 0 Å². The smallest absolute Gasteiger partial charge is 0.127 e. The van der Waals surface area contributed by atoms with Gasteiger partial charge in [-0.3, -0.25) is 0 Å². The van der Waals surface area contributed by atoms with Gasteiger partial charge in [-0.1, -0.05) is 18.2 Å². The first-order valence-corrected chi connectivity index (χ1v) is 5.85. The highest BCUT2D eigenvalue weighted by molar-refractivity contribution is 5.40. The van der Waals surface area contributed by atoms with Crippen molar-refractivity contribution in [1.82, 2.24) is 0 Å². The van der Waals surface area contributed by atoms with Gasteiger partial charge >= 0.3 is 0 Å². The third-order valence-electron chi connectivity index (χ3n) is 3.20. The van der Waals surface area contributed by atoms with Gasteiger partial charge in [0.1, 0.15) is 11.9 Å². The summed E-state index contributed by atoms with van der Waals surface area (Å²) >= 11 is 0. The molecule has 1 aromatic rings. The normalized spacial score (nSPS) is 24.7. The fraction of sp³-hybridized carbons (Fsp3) is 0.538. The van der Waals surface area contributed by atoms with E-state index < -0.39 is 0 Å². The molecular weight excluding hydrogens is 202 g/mol. The molecule has 0 radical (unpaired) electrons. The van der Waals surface area contributed by atoms with Crippen LogP contribution in [0, 0.1) is 6.92 Å². The van der Waals surface area contributed by atoms with Crippen molar-refractivity contribution in [1.29, 1.82) is 0 Å². The molecule has 3 N–H and O–H groups in total. The van der Waals surface area contributed by atoms with E-state index in [0.717, 1.165) is 36.1 Å². The monoisotopic (exact) mass is 221 g/mol. The molecule has 0 spiro atoms. The molecule has 1 saturated carbocycles. The van der Waals surface area contributed by atoms with Crippen molar-refractivity contribution in [3.63, 3.8) is 0 Å². The highest BCUT2D eigenvalue weighted by Gasteiger charge is 2.27. The number of benzene rings is 1. The first kappa shape index (κ1) is 11.4. The van der Waals surface area contributed by atoms with Crippen molar-refractivity contribution >= 4 is 0 Å². The van der Waals surface area contributed by atoms with Crippen LogP contribution in [0.3, 0.4) is 0 Å². The predicted molar refractivity (Wildman–Crippen MR) is 63.3 cm³/mol. The Hall–Kier alpha value is -1.06. The minimum absolute atomic E-state index is 0.0635. The number of hydrogen-bond acceptors (Lipinski definition) is 3. The molecule has 16 heavy (non-hydrogen) atoms. The largest absolute Gasteiger partial charge is 0.487 e. The van der Waals surface area contributed by atoms with Crippen LogP contribution >= 0.6 is 0 Å². The van der Waals surface area contributed by atoms with Gasteiger partial charge in [-0.05, 0) is 31.7 Å². The second kappa shape index (κ2) is 4.85. The number of aliphatic hydroxyl groups excluding tert-OH is 1. The van der Waals surface area contributed by atoms with Gasteiger partial charge in [-0.25, -0.2) is 0 Å². The topological polar surface area (TPSA) is 55.5 Å². The van der Waals surface area contributed by atoms with E-state index >= 15 is 0 Å². The van der Waals surface area contributed by atoms with E-state index in [1.54, 1.807) is 0 Å². The van der Waals surface area contributed by atoms with E-state index in [-0.39, 0.29) is 12.2 Å². The minimum Gasteiger partial charge on any atom is -0.487 e. The Kier molecular flexibility index (Phi) is 3.46. The lowest BCUT2D eigenvalue weighted by atomic mass is 10.1. The Morgan fingerprint density at radius 3 is 2.88 bits per heavy atom. The Morgan fingerprint density at radius 1 is 1.44 bits per heavy atom. The molecule has 3 heteroatoms. The van der Waals surface area contributed by atoms with Gasteiger partial charge in [0.25, 0.3) is 0 Å². The summed E-state index contributed by atoms with van der Waals surface area (Å²) in [7, 11) is 0. The van der Waals surface area contributed by atoms with E-state index in [0.29, 0.717) is 6.54 Å². The van der Waals surface area contributed by atoms with E-state index in [1.165, 1.54) is 0 Å². The third-order valence-corrected chi connectivity index (χ3v) is 3.20. The summed E-state index contributed by atoms with van der Waals surface area (Å²) in [5.74, 6) is 0.857. The van der Waals surface area contributed by atoms with Gasteiger partial charge in [0.2, 0.25) is 0 Å². The van der Waals surface area contributed by atoms with Crippen molar-refractivity contribution in [3.8, 4) is 5.75 Å². The Morgan fingerprint density at radius 2 is 2.25 bits per heavy atom. The molecule has 1 fully saturated rings. The highest BCUT2D eigenvalue weighted by atomic mass is 16.5. The highest BCUT2D eigenvalue weighted by Crippen LogP contribution is 2.29. The summed E-state index contributed by atoms with van der Waals surface area (Å²) in [6.45, 7) is 2.48. The van der Waals surface area contributed by atoms with Gasteiger partial charge in [0, 0.05) is 12.1 Å². The molecule has 1 aliphatic rings. The summed E-state index contributed by atoms with van der Waals surface area (Å²) in [4.78, 5) is 0. The number of nitrogens with two attached hydrogens (primary N) is 1. The van der Waals surface area contributed by atoms with Crippen LogP contribution in [0.2, 0.25) is 0 Å². The average Bonchev–Trinajstić information content (AvgIpc) is 2.67. The molecule has 2 atom stereocenters. The first-order valence-electron chi connectivity index (χ1n) is 5.85. The zero-order valence-electron chi connectivity index (χ0n) is 9.65. The number of aryl methyl sites for hydroxylation is 1. The van der Waals surface area contributed by atoms with E-state index in [2.05, 4.69) is 0 Å². The molecule has 2 rings (SSSR count). The molecular formula is C13H19NO2. The summed E-state index contributed by atoms with van der Waals surface area (Å²) in [5.41, 5.74) is 7.78. The van der Waals surface area contributed by atoms with Crippen molar-refractivity contribution in [2.24, 2.45) is 5.73 Å². The second-order valence-electron chi connectivity index (χ2n) is 4.42. The van der Waals surface area contributed by atoms with E-state index in [9.17, 15) is 5.11 Å². The molecule has 1 aliphatic carbocycles. The van der Waals surface area contributed by atoms with Crippen LogP contribution in [0.5, 0.6) is 5.75 Å². The Labute approximate surface area is 96.2 Å². The fourth-order valence-electron chi connectivity index (χ4n) is 2.24. The van der Waals surface area contributed by atoms with Crippen LogP contribution in [0.25, 0.3) is 0 Å². The minimum atomic E-state index is -0.328. The number of aliphatic hydroxyl groups is 1. The molecule has 0 saturated heterocycles. The van der Waals surface area contributed by atoms with Crippen molar-refractivity contribution in [3.05, 3.63) is 29.3 Å². The molecule has 0 heterocycles. The molecule has 0 aromatic heterocycles. The van der Waals surface area contributed by atoms with Crippen molar-refractivity contribution < 1.29 is 9.84 Å². The maximum atomic E-state index is 9.75. The number of para-hydroxylation sites is 1. The van der Waals surface area contributed by atoms with Gasteiger partial charge < -0.3 is 15.6 Å². The van der Waals surface area contributed by atoms with Crippen LogP contribution in [-0.2, 0) is 6.54 Å². The van der Waals surface area contributed by atoms with Gasteiger partial charge in [0.05, 0.1) is 6.10 Å². The molecule has 0 amide bonds. The number of rotatable bonds is 3. The van der Waals surface area contributed by atoms with Crippen LogP contribution in [0.1, 0.15) is 30.4 Å². The maximum Gasteiger partial charge on any atom is 0.127 e. The summed E-state index contributed by atoms with van der Waals surface area (Å²) in [6, 6.07) is 5.97. The van der Waals surface area contributed by atoms with Crippen LogP contribution in [-0.4, -0.2) is 17.3 Å². The predicted octanol–water partition coefficient (Wildman–Crippen LogP) is 1.75. The van der Waals surface area contributed by atoms with Gasteiger partial charge in [0.15, 0.2) is 0 Å². The lowest BCUT2D eigenvalue weighted by Gasteiger charge is -2.20. The number of hydrogen-bond donors (Lipinski definition) is 2. The fourth-order valence-corrected chi connectivity index (χ4v) is 2.24. The molecule has 1 aromatic carbocycles. The summed E-state index contributed by atoms with van der Waals surface area (Å²) in [6.07, 6.45) is 2.42. The summed E-state index contributed by atoms with van der Waals surface area (Å²) < 4.78 is 5.91. The Balaban J connectivity index is 2.19. The van der Waals surface area contributed by atoms with Crippen LogP contribution in [0.15, 0.2) is 18.2 Å². The van der Waals surface area contributed by atoms with Crippen LogP contribution < -0.4 is 10.5 Å². The molecule has 0 aliphatic heterocycles. The first-order chi connectivity index (χ1) is 7.72.